The quantitative estimate of drug-likeness (QED) is 0.747. The van der Waals surface area contributed by atoms with Crippen LogP contribution in [0.25, 0.3) is 11.1 Å². The number of nitrogens with one attached hydrogen (secondary N) is 1. The van der Waals surface area contributed by atoms with Gasteiger partial charge in [-0.3, -0.25) is 4.98 Å². The van der Waals surface area contributed by atoms with Crippen LogP contribution in [0.3, 0.4) is 0 Å². The SMILES string of the molecule is Cc1ncc(-c2ccccc2)cc1CNCc1ccccc1O. The lowest BCUT2D eigenvalue weighted by Gasteiger charge is -2.10. The molecule has 1 aromatic heterocycles. The fourth-order valence-electron chi connectivity index (χ4n) is 2.54. The Morgan fingerprint density at radius 1 is 0.870 bits per heavy atom. The van der Waals surface area contributed by atoms with Crippen LogP contribution in [0.1, 0.15) is 16.8 Å². The molecule has 3 rings (SSSR count). The normalized spacial score (nSPS) is 10.7. The lowest BCUT2D eigenvalue weighted by atomic mass is 10.0. The standard InChI is InChI=1S/C20H20N2O/c1-15-18(13-21-12-17-9-5-6-10-20(17)23)11-19(14-22-15)16-7-3-2-4-8-16/h2-11,14,21,23H,12-13H2,1H3. The molecule has 0 saturated heterocycles. The van der Waals surface area contributed by atoms with Crippen molar-refractivity contribution in [3.8, 4) is 16.9 Å². The third-order valence-corrected chi connectivity index (χ3v) is 3.92. The van der Waals surface area contributed by atoms with Crippen molar-refractivity contribution < 1.29 is 5.11 Å². The summed E-state index contributed by atoms with van der Waals surface area (Å²) in [6.07, 6.45) is 1.91. The summed E-state index contributed by atoms with van der Waals surface area (Å²) >= 11 is 0. The Kier molecular flexibility index (Phi) is 4.69. The van der Waals surface area contributed by atoms with Gasteiger partial charge in [-0.15, -0.1) is 0 Å². The highest BCUT2D eigenvalue weighted by Crippen LogP contribution is 2.21. The van der Waals surface area contributed by atoms with Gasteiger partial charge in [-0.05, 0) is 30.2 Å². The summed E-state index contributed by atoms with van der Waals surface area (Å²) in [5.41, 5.74) is 5.38. The lowest BCUT2D eigenvalue weighted by molar-refractivity contribution is 0.464. The van der Waals surface area contributed by atoms with E-state index in [9.17, 15) is 5.11 Å². The molecule has 0 saturated carbocycles. The van der Waals surface area contributed by atoms with Gasteiger partial charge in [0.1, 0.15) is 5.75 Å². The summed E-state index contributed by atoms with van der Waals surface area (Å²) in [6.45, 7) is 3.36. The van der Waals surface area contributed by atoms with Gasteiger partial charge in [0.15, 0.2) is 0 Å². The van der Waals surface area contributed by atoms with E-state index in [4.69, 9.17) is 0 Å². The van der Waals surface area contributed by atoms with Crippen LogP contribution in [0.15, 0.2) is 66.9 Å². The molecule has 0 radical (unpaired) electrons. The molecule has 116 valence electrons. The smallest absolute Gasteiger partial charge is 0.120 e. The third kappa shape index (κ3) is 3.76. The number of phenols is 1. The predicted octanol–water partition coefficient (Wildman–Crippen LogP) is 4.05. The van der Waals surface area contributed by atoms with E-state index in [1.165, 1.54) is 11.1 Å². The van der Waals surface area contributed by atoms with Crippen LogP contribution in [0, 0.1) is 6.92 Å². The summed E-state index contributed by atoms with van der Waals surface area (Å²) in [5, 5.41) is 13.2. The van der Waals surface area contributed by atoms with Crippen molar-refractivity contribution >= 4 is 0 Å². The van der Waals surface area contributed by atoms with Crippen LogP contribution in [0.4, 0.5) is 0 Å². The molecule has 0 fully saturated rings. The average Bonchev–Trinajstić information content (AvgIpc) is 2.59. The molecule has 2 N–H and O–H groups in total. The molecule has 0 atom stereocenters. The highest BCUT2D eigenvalue weighted by atomic mass is 16.3. The number of benzene rings is 2. The van der Waals surface area contributed by atoms with Gasteiger partial charge in [0.2, 0.25) is 0 Å². The van der Waals surface area contributed by atoms with Crippen molar-refractivity contribution in [2.75, 3.05) is 0 Å². The molecule has 0 amide bonds. The fraction of sp³-hybridized carbons (Fsp3) is 0.150. The second kappa shape index (κ2) is 7.07. The van der Waals surface area contributed by atoms with Crippen molar-refractivity contribution in [3.05, 3.63) is 83.7 Å². The Hall–Kier alpha value is -2.65. The largest absolute Gasteiger partial charge is 0.508 e. The molecule has 3 nitrogen and oxygen atoms in total. The molecule has 0 unspecified atom stereocenters. The Morgan fingerprint density at radius 2 is 1.57 bits per heavy atom. The number of hydrogen-bond donors (Lipinski definition) is 2. The first-order chi connectivity index (χ1) is 11.2. The third-order valence-electron chi connectivity index (χ3n) is 3.92. The van der Waals surface area contributed by atoms with Crippen molar-refractivity contribution in [2.24, 2.45) is 0 Å². The van der Waals surface area contributed by atoms with E-state index in [0.29, 0.717) is 18.8 Å². The summed E-state index contributed by atoms with van der Waals surface area (Å²) < 4.78 is 0. The van der Waals surface area contributed by atoms with Crippen LogP contribution in [-0.2, 0) is 13.1 Å². The summed E-state index contributed by atoms with van der Waals surface area (Å²) in [7, 11) is 0. The Labute approximate surface area is 136 Å². The van der Waals surface area contributed by atoms with Gasteiger partial charge < -0.3 is 10.4 Å². The van der Waals surface area contributed by atoms with Crippen LogP contribution in [0.2, 0.25) is 0 Å². The number of pyridine rings is 1. The fourth-order valence-corrected chi connectivity index (χ4v) is 2.54. The zero-order chi connectivity index (χ0) is 16.1. The molecule has 0 aliphatic carbocycles. The zero-order valence-electron chi connectivity index (χ0n) is 13.2. The zero-order valence-corrected chi connectivity index (χ0v) is 13.2. The summed E-state index contributed by atoms with van der Waals surface area (Å²) in [4.78, 5) is 4.51. The van der Waals surface area contributed by atoms with Crippen molar-refractivity contribution in [2.45, 2.75) is 20.0 Å². The van der Waals surface area contributed by atoms with Gasteiger partial charge in [0, 0.05) is 36.1 Å². The lowest BCUT2D eigenvalue weighted by Crippen LogP contribution is -2.14. The predicted molar refractivity (Wildman–Crippen MR) is 93.1 cm³/mol. The molecular weight excluding hydrogens is 284 g/mol. The van der Waals surface area contributed by atoms with E-state index < -0.39 is 0 Å². The number of para-hydroxylation sites is 1. The first-order valence-electron chi connectivity index (χ1n) is 7.72. The van der Waals surface area contributed by atoms with E-state index in [-0.39, 0.29) is 0 Å². The van der Waals surface area contributed by atoms with Crippen LogP contribution in [0.5, 0.6) is 5.75 Å². The Bertz CT molecular complexity index is 785. The first kappa shape index (κ1) is 15.3. The van der Waals surface area contributed by atoms with Crippen LogP contribution in [-0.4, -0.2) is 10.1 Å². The van der Waals surface area contributed by atoms with E-state index in [2.05, 4.69) is 28.5 Å². The van der Waals surface area contributed by atoms with E-state index >= 15 is 0 Å². The second-order valence-corrected chi connectivity index (χ2v) is 5.57. The number of nitrogens with zero attached hydrogens (tertiary/aromatic N) is 1. The summed E-state index contributed by atoms with van der Waals surface area (Å²) in [6, 6.07) is 19.8. The Morgan fingerprint density at radius 3 is 2.35 bits per heavy atom. The molecule has 0 aliphatic rings. The number of hydrogen-bond acceptors (Lipinski definition) is 3. The van der Waals surface area contributed by atoms with Gasteiger partial charge in [-0.1, -0.05) is 48.5 Å². The maximum Gasteiger partial charge on any atom is 0.120 e. The molecule has 3 heteroatoms. The van der Waals surface area contributed by atoms with Crippen LogP contribution >= 0.6 is 0 Å². The maximum atomic E-state index is 9.80. The Balaban J connectivity index is 1.72. The van der Waals surface area contributed by atoms with Gasteiger partial charge >= 0.3 is 0 Å². The molecule has 0 bridgehead atoms. The van der Waals surface area contributed by atoms with Crippen LogP contribution < -0.4 is 5.32 Å². The number of aromatic hydroxyl groups is 1. The molecule has 0 spiro atoms. The number of rotatable bonds is 5. The number of phenolic OH excluding ortho intramolecular Hbond substituents is 1. The topological polar surface area (TPSA) is 45.2 Å². The van der Waals surface area contributed by atoms with E-state index in [0.717, 1.165) is 16.8 Å². The molecule has 1 heterocycles. The van der Waals surface area contributed by atoms with Gasteiger partial charge in [0.25, 0.3) is 0 Å². The van der Waals surface area contributed by atoms with E-state index in [1.54, 1.807) is 6.07 Å². The van der Waals surface area contributed by atoms with Crippen molar-refractivity contribution in [1.82, 2.24) is 10.3 Å². The second-order valence-electron chi connectivity index (χ2n) is 5.57. The molecular formula is C20H20N2O. The molecule has 3 aromatic rings. The average molecular weight is 304 g/mol. The minimum absolute atomic E-state index is 0.327. The monoisotopic (exact) mass is 304 g/mol. The van der Waals surface area contributed by atoms with Crippen molar-refractivity contribution in [1.29, 1.82) is 0 Å². The van der Waals surface area contributed by atoms with Crippen molar-refractivity contribution in [3.63, 3.8) is 0 Å². The van der Waals surface area contributed by atoms with Gasteiger partial charge in [-0.2, -0.15) is 0 Å². The minimum Gasteiger partial charge on any atom is -0.508 e. The van der Waals surface area contributed by atoms with Gasteiger partial charge in [-0.25, -0.2) is 0 Å². The number of aryl methyl sites for hydroxylation is 1. The number of aromatic nitrogens is 1. The first-order valence-corrected chi connectivity index (χ1v) is 7.72. The highest BCUT2D eigenvalue weighted by molar-refractivity contribution is 5.63. The molecule has 2 aromatic carbocycles. The minimum atomic E-state index is 0.327. The van der Waals surface area contributed by atoms with E-state index in [1.807, 2.05) is 49.5 Å². The molecule has 0 aliphatic heterocycles. The van der Waals surface area contributed by atoms with Gasteiger partial charge in [0.05, 0.1) is 0 Å². The maximum absolute atomic E-state index is 9.80. The summed E-state index contributed by atoms with van der Waals surface area (Å²) in [5.74, 6) is 0.327. The molecule has 23 heavy (non-hydrogen) atoms. The highest BCUT2D eigenvalue weighted by Gasteiger charge is 2.05.